The number of rotatable bonds is 6. The van der Waals surface area contributed by atoms with Gasteiger partial charge in [-0.3, -0.25) is 19.3 Å². The Labute approximate surface area is 152 Å². The molecule has 1 fully saturated rings. The van der Waals surface area contributed by atoms with Crippen LogP contribution < -0.4 is 5.32 Å². The van der Waals surface area contributed by atoms with Crippen LogP contribution >= 0.6 is 0 Å². The van der Waals surface area contributed by atoms with E-state index in [1.807, 2.05) is 42.2 Å². The number of β-amino-alcohol motifs (C(OH)–C–C–N with tert-alkyl or cyclic N) is 1. The van der Waals surface area contributed by atoms with E-state index in [9.17, 15) is 19.8 Å². The van der Waals surface area contributed by atoms with E-state index in [2.05, 4.69) is 5.32 Å². The summed E-state index contributed by atoms with van der Waals surface area (Å²) in [7, 11) is 0. The lowest BCUT2D eigenvalue weighted by molar-refractivity contribution is -0.163. The minimum Gasteiger partial charge on any atom is -0.483 e. The van der Waals surface area contributed by atoms with Crippen LogP contribution in [0.25, 0.3) is 0 Å². The first-order valence-electron chi connectivity index (χ1n) is 8.42. The summed E-state index contributed by atoms with van der Waals surface area (Å²) < 4.78 is 0. The van der Waals surface area contributed by atoms with Crippen molar-refractivity contribution in [2.45, 2.75) is 25.9 Å². The topological polar surface area (TPSA) is 127 Å². The number of hydrogen-bond acceptors (Lipinski definition) is 5. The number of aliphatic hydroxyl groups is 1. The van der Waals surface area contributed by atoms with Crippen molar-refractivity contribution in [3.63, 3.8) is 0 Å². The van der Waals surface area contributed by atoms with Crippen molar-refractivity contribution in [2.24, 2.45) is 5.41 Å². The summed E-state index contributed by atoms with van der Waals surface area (Å²) in [6.07, 6.45) is -0.402. The number of aliphatic hydroxyl groups excluding tert-OH is 1. The number of carboxylic acids is 1. The molecule has 0 aliphatic carbocycles. The minimum absolute atomic E-state index is 0.106. The molecule has 0 bridgehead atoms. The molecule has 1 aliphatic rings. The molecule has 8 nitrogen and oxygen atoms in total. The predicted octanol–water partition coefficient (Wildman–Crippen LogP) is 0.204. The third kappa shape index (κ3) is 5.82. The number of aliphatic carboxylic acids is 1. The van der Waals surface area contributed by atoms with Gasteiger partial charge in [-0.2, -0.15) is 0 Å². The second-order valence-electron chi connectivity index (χ2n) is 6.18. The van der Waals surface area contributed by atoms with Gasteiger partial charge in [-0.1, -0.05) is 30.3 Å². The Hall–Kier alpha value is -2.45. The molecule has 1 saturated heterocycles. The molecule has 26 heavy (non-hydrogen) atoms. The van der Waals surface area contributed by atoms with Crippen molar-refractivity contribution in [2.75, 3.05) is 26.2 Å². The first kappa shape index (κ1) is 21.6. The van der Waals surface area contributed by atoms with Crippen molar-refractivity contribution in [3.8, 4) is 0 Å². The maximum absolute atomic E-state index is 11.9. The van der Waals surface area contributed by atoms with Gasteiger partial charge in [0.2, 0.25) is 5.91 Å². The fourth-order valence-corrected chi connectivity index (χ4v) is 3.13. The summed E-state index contributed by atoms with van der Waals surface area (Å²) in [6.45, 7) is 3.01. The molecule has 1 aromatic rings. The second-order valence-corrected chi connectivity index (χ2v) is 6.18. The summed E-state index contributed by atoms with van der Waals surface area (Å²) in [5.41, 5.74) is -0.301. The van der Waals surface area contributed by atoms with E-state index >= 15 is 0 Å². The summed E-state index contributed by atoms with van der Waals surface area (Å²) in [6, 6.07) is 9.35. The Bertz CT molecular complexity index is 595. The quantitative estimate of drug-likeness (QED) is 0.530. The van der Waals surface area contributed by atoms with Crippen LogP contribution in [0.4, 0.5) is 0 Å². The zero-order chi connectivity index (χ0) is 19.6. The van der Waals surface area contributed by atoms with E-state index in [0.29, 0.717) is 25.9 Å². The monoisotopic (exact) mass is 366 g/mol. The van der Waals surface area contributed by atoms with Crippen LogP contribution in [0.15, 0.2) is 30.3 Å². The van der Waals surface area contributed by atoms with Gasteiger partial charge >= 0.3 is 5.97 Å². The van der Waals surface area contributed by atoms with Crippen molar-refractivity contribution in [1.82, 2.24) is 10.2 Å². The number of nitrogens with zero attached hydrogens (tertiary/aromatic N) is 1. The molecule has 1 heterocycles. The Kier molecular flexibility index (Phi) is 8.74. The van der Waals surface area contributed by atoms with Gasteiger partial charge in [-0.15, -0.1) is 0 Å². The Morgan fingerprint density at radius 2 is 1.96 bits per heavy atom. The van der Waals surface area contributed by atoms with E-state index in [4.69, 9.17) is 9.90 Å². The second kappa shape index (κ2) is 10.5. The van der Waals surface area contributed by atoms with E-state index < -0.39 is 17.5 Å². The molecular formula is C18H26N2O6. The zero-order valence-electron chi connectivity index (χ0n) is 14.8. The molecule has 4 N–H and O–H groups in total. The van der Waals surface area contributed by atoms with Gasteiger partial charge in [0.05, 0.1) is 12.6 Å². The predicted molar refractivity (Wildman–Crippen MR) is 94.7 cm³/mol. The lowest BCUT2D eigenvalue weighted by Crippen LogP contribution is -2.57. The number of likely N-dealkylation sites (N-methyl/N-ethyl adjacent to an activating group) is 1. The van der Waals surface area contributed by atoms with Crippen LogP contribution in [0.1, 0.15) is 18.9 Å². The Morgan fingerprint density at radius 1 is 1.35 bits per heavy atom. The number of piperidine rings is 1. The van der Waals surface area contributed by atoms with Gasteiger partial charge in [0.15, 0.2) is 0 Å². The average Bonchev–Trinajstić information content (AvgIpc) is 2.59. The van der Waals surface area contributed by atoms with Crippen LogP contribution in [0.5, 0.6) is 0 Å². The highest BCUT2D eigenvalue weighted by atomic mass is 16.4. The fraction of sp³-hybridized carbons (Fsp3) is 0.500. The number of carbonyl (C=O) groups is 3. The number of benzene rings is 1. The summed E-state index contributed by atoms with van der Waals surface area (Å²) >= 11 is 0. The third-order valence-corrected chi connectivity index (χ3v) is 4.47. The minimum atomic E-state index is -1.20. The van der Waals surface area contributed by atoms with Crippen molar-refractivity contribution in [3.05, 3.63) is 35.9 Å². The molecule has 0 spiro atoms. The van der Waals surface area contributed by atoms with Crippen LogP contribution in [0.2, 0.25) is 0 Å². The number of hydrogen-bond donors (Lipinski definition) is 4. The zero-order valence-corrected chi connectivity index (χ0v) is 14.8. The molecule has 0 aromatic heterocycles. The average molecular weight is 366 g/mol. The van der Waals surface area contributed by atoms with Crippen molar-refractivity contribution >= 4 is 18.3 Å². The molecule has 0 saturated carbocycles. The van der Waals surface area contributed by atoms with E-state index in [-0.39, 0.29) is 25.5 Å². The van der Waals surface area contributed by atoms with Crippen LogP contribution in [-0.2, 0) is 20.8 Å². The number of likely N-dealkylation sites (tertiary alicyclic amines) is 1. The first-order chi connectivity index (χ1) is 12.4. The van der Waals surface area contributed by atoms with Gasteiger partial charge in [0, 0.05) is 13.1 Å². The SMILES string of the molecule is CCNC(=O)CN1CC[C@](Cc2ccccc2)(C(=O)O)[C@@H](O)C1.O=CO. The smallest absolute Gasteiger partial charge is 0.312 e. The highest BCUT2D eigenvalue weighted by Crippen LogP contribution is 2.36. The lowest BCUT2D eigenvalue weighted by Gasteiger charge is -2.42. The fourth-order valence-electron chi connectivity index (χ4n) is 3.13. The first-order valence-corrected chi connectivity index (χ1v) is 8.42. The summed E-state index contributed by atoms with van der Waals surface area (Å²) in [5, 5.41) is 29.8. The molecule has 0 radical (unpaired) electrons. The van der Waals surface area contributed by atoms with Gasteiger partial charge in [0.25, 0.3) is 6.47 Å². The molecule has 2 rings (SSSR count). The molecule has 1 aromatic carbocycles. The molecule has 1 aliphatic heterocycles. The summed E-state index contributed by atoms with van der Waals surface area (Å²) in [5.74, 6) is -1.09. The van der Waals surface area contributed by atoms with Crippen LogP contribution in [-0.4, -0.2) is 70.9 Å². The molecular weight excluding hydrogens is 340 g/mol. The van der Waals surface area contributed by atoms with Crippen molar-refractivity contribution < 1.29 is 29.7 Å². The Morgan fingerprint density at radius 3 is 2.46 bits per heavy atom. The molecule has 8 heteroatoms. The van der Waals surface area contributed by atoms with Crippen LogP contribution in [0.3, 0.4) is 0 Å². The molecule has 144 valence electrons. The van der Waals surface area contributed by atoms with E-state index in [0.717, 1.165) is 5.56 Å². The van der Waals surface area contributed by atoms with E-state index in [1.54, 1.807) is 0 Å². The number of nitrogens with one attached hydrogen (secondary N) is 1. The standard InChI is InChI=1S/C17H24N2O4.CH2O2/c1-2-18-15(21)12-19-9-8-17(16(22)23,14(20)11-19)10-13-6-4-3-5-7-13;2-1-3/h3-7,14,20H,2,8-12H2,1H3,(H,18,21)(H,22,23);1H,(H,2,3)/t14-,17+;/m0./s1. The number of carboxylic acid groups (broad SMARTS) is 2. The van der Waals surface area contributed by atoms with Gasteiger partial charge < -0.3 is 20.6 Å². The van der Waals surface area contributed by atoms with Crippen molar-refractivity contribution in [1.29, 1.82) is 0 Å². The largest absolute Gasteiger partial charge is 0.483 e. The van der Waals surface area contributed by atoms with Gasteiger partial charge in [-0.25, -0.2) is 0 Å². The lowest BCUT2D eigenvalue weighted by atomic mass is 9.71. The highest BCUT2D eigenvalue weighted by molar-refractivity contribution is 5.78. The van der Waals surface area contributed by atoms with Crippen LogP contribution in [0, 0.1) is 5.41 Å². The van der Waals surface area contributed by atoms with E-state index in [1.165, 1.54) is 0 Å². The molecule has 2 atom stereocenters. The van der Waals surface area contributed by atoms with Gasteiger partial charge in [-0.05, 0) is 31.9 Å². The third-order valence-electron chi connectivity index (χ3n) is 4.47. The highest BCUT2D eigenvalue weighted by Gasteiger charge is 2.48. The molecule has 0 unspecified atom stereocenters. The maximum atomic E-state index is 11.9. The van der Waals surface area contributed by atoms with Gasteiger partial charge in [0.1, 0.15) is 5.41 Å². The molecule has 1 amide bonds. The normalized spacial score (nSPS) is 22.6. The maximum Gasteiger partial charge on any atom is 0.312 e. The number of amides is 1. The number of carbonyl (C=O) groups excluding carboxylic acids is 1. The summed E-state index contributed by atoms with van der Waals surface area (Å²) in [4.78, 5) is 33.7. The Balaban J connectivity index is 0.00000105.